The molecule has 4 nitrogen and oxygen atoms in total. The van der Waals surface area contributed by atoms with Crippen LogP contribution >= 0.6 is 63.7 Å². The zero-order valence-corrected chi connectivity index (χ0v) is 18.9. The third kappa shape index (κ3) is 3.59. The summed E-state index contributed by atoms with van der Waals surface area (Å²) < 4.78 is -0.495. The van der Waals surface area contributed by atoms with Crippen LogP contribution in [0.25, 0.3) is 0 Å². The summed E-state index contributed by atoms with van der Waals surface area (Å²) in [4.78, 5) is 24.1. The van der Waals surface area contributed by atoms with E-state index in [2.05, 4.69) is 74.4 Å². The second-order valence-electron chi connectivity index (χ2n) is 6.65. The Kier molecular flexibility index (Phi) is 5.49. The second-order valence-corrected chi connectivity index (χ2v) is 14.2. The molecule has 8 heteroatoms. The fourth-order valence-corrected chi connectivity index (χ4v) is 5.30. The van der Waals surface area contributed by atoms with Crippen molar-refractivity contribution < 1.29 is 9.59 Å². The molecule has 0 aromatic rings. The number of halogens is 4. The average Bonchev–Trinajstić information content (AvgIpc) is 3.13. The first-order valence-corrected chi connectivity index (χ1v) is 10.5. The third-order valence-corrected chi connectivity index (χ3v) is 9.31. The maximum Gasteiger partial charge on any atom is 0.228 e. The zero-order chi connectivity index (χ0) is 16.8. The van der Waals surface area contributed by atoms with Gasteiger partial charge in [0.2, 0.25) is 11.8 Å². The van der Waals surface area contributed by atoms with Crippen LogP contribution in [0, 0.1) is 10.8 Å². The predicted molar refractivity (Wildman–Crippen MR) is 102 cm³/mol. The summed E-state index contributed by atoms with van der Waals surface area (Å²) in [6.45, 7) is 5.15. The molecule has 126 valence electrons. The molecule has 0 bridgehead atoms. The Hall–Kier alpha value is 0.860. The molecule has 0 aromatic carbocycles. The topological polar surface area (TPSA) is 58.2 Å². The van der Waals surface area contributed by atoms with Gasteiger partial charge >= 0.3 is 0 Å². The van der Waals surface area contributed by atoms with Crippen molar-refractivity contribution in [2.45, 2.75) is 46.0 Å². The van der Waals surface area contributed by atoms with Gasteiger partial charge in [0, 0.05) is 13.1 Å². The number of hydrogen-bond acceptors (Lipinski definition) is 2. The molecular formula is C14H20Br4N2O2. The average molecular weight is 568 g/mol. The quantitative estimate of drug-likeness (QED) is 0.363. The summed E-state index contributed by atoms with van der Waals surface area (Å²) >= 11 is 14.0. The highest BCUT2D eigenvalue weighted by Gasteiger charge is 2.67. The Morgan fingerprint density at radius 2 is 1.09 bits per heavy atom. The van der Waals surface area contributed by atoms with Crippen LogP contribution in [-0.2, 0) is 9.59 Å². The SMILES string of the molecule is C[C@@]1(C(=O)NCCCCNC(=O)[C@@]2(C)CC2(Br)Br)CC1(Br)Br. The van der Waals surface area contributed by atoms with E-state index in [1.807, 2.05) is 13.8 Å². The van der Waals surface area contributed by atoms with E-state index in [4.69, 9.17) is 0 Å². The van der Waals surface area contributed by atoms with Gasteiger partial charge < -0.3 is 10.6 Å². The molecule has 0 aliphatic heterocycles. The lowest BCUT2D eigenvalue weighted by Gasteiger charge is -2.14. The Bertz CT molecular complexity index is 453. The van der Waals surface area contributed by atoms with Crippen LogP contribution < -0.4 is 10.6 Å². The minimum Gasteiger partial charge on any atom is -0.356 e. The number of hydrogen-bond donors (Lipinski definition) is 2. The van der Waals surface area contributed by atoms with Crippen molar-refractivity contribution in [3.8, 4) is 0 Å². The molecular weight excluding hydrogens is 548 g/mol. The molecule has 2 aliphatic rings. The minimum atomic E-state index is -0.364. The molecule has 2 rings (SSSR count). The Morgan fingerprint density at radius 3 is 1.32 bits per heavy atom. The van der Waals surface area contributed by atoms with Crippen molar-refractivity contribution in [3.63, 3.8) is 0 Å². The number of rotatable bonds is 7. The van der Waals surface area contributed by atoms with Gasteiger partial charge in [0.25, 0.3) is 0 Å². The lowest BCUT2D eigenvalue weighted by molar-refractivity contribution is -0.126. The van der Waals surface area contributed by atoms with E-state index in [0.717, 1.165) is 25.7 Å². The Morgan fingerprint density at radius 1 is 0.818 bits per heavy atom. The number of nitrogens with one attached hydrogen (secondary N) is 2. The largest absolute Gasteiger partial charge is 0.356 e. The molecule has 0 heterocycles. The Labute approximate surface area is 164 Å². The summed E-state index contributed by atoms with van der Waals surface area (Å²) in [6.07, 6.45) is 3.29. The summed E-state index contributed by atoms with van der Waals surface area (Å²) in [6, 6.07) is 0. The highest BCUT2D eigenvalue weighted by molar-refractivity contribution is 9.26. The zero-order valence-electron chi connectivity index (χ0n) is 12.6. The third-order valence-electron chi connectivity index (χ3n) is 4.69. The smallest absolute Gasteiger partial charge is 0.228 e. The molecule has 2 amide bonds. The maximum absolute atomic E-state index is 12.0. The summed E-state index contributed by atoms with van der Waals surface area (Å²) in [5, 5.41) is 5.92. The molecule has 0 radical (unpaired) electrons. The fourth-order valence-electron chi connectivity index (χ4n) is 2.34. The summed E-state index contributed by atoms with van der Waals surface area (Å²) in [5.41, 5.74) is -0.728. The van der Waals surface area contributed by atoms with Crippen LogP contribution in [0.2, 0.25) is 0 Å². The first kappa shape index (κ1) is 19.2. The van der Waals surface area contributed by atoms with Crippen molar-refractivity contribution >= 4 is 75.5 Å². The van der Waals surface area contributed by atoms with E-state index >= 15 is 0 Å². The van der Waals surface area contributed by atoms with E-state index in [-0.39, 0.29) is 29.1 Å². The van der Waals surface area contributed by atoms with Crippen LogP contribution in [0.5, 0.6) is 0 Å². The van der Waals surface area contributed by atoms with Crippen LogP contribution in [0.4, 0.5) is 0 Å². The predicted octanol–water partition coefficient (Wildman–Crippen LogP) is 3.79. The van der Waals surface area contributed by atoms with Gasteiger partial charge in [-0.05, 0) is 39.5 Å². The minimum absolute atomic E-state index is 0.0686. The number of alkyl halides is 4. The normalized spacial score (nSPS) is 33.9. The van der Waals surface area contributed by atoms with Gasteiger partial charge in [-0.15, -0.1) is 0 Å². The van der Waals surface area contributed by atoms with Gasteiger partial charge in [-0.3, -0.25) is 9.59 Å². The van der Waals surface area contributed by atoms with E-state index < -0.39 is 0 Å². The monoisotopic (exact) mass is 564 g/mol. The molecule has 2 aliphatic carbocycles. The van der Waals surface area contributed by atoms with Gasteiger partial charge in [-0.25, -0.2) is 0 Å². The molecule has 2 fully saturated rings. The van der Waals surface area contributed by atoms with Crippen LogP contribution in [0.3, 0.4) is 0 Å². The van der Waals surface area contributed by atoms with Crippen molar-refractivity contribution in [3.05, 3.63) is 0 Å². The molecule has 2 saturated carbocycles. The van der Waals surface area contributed by atoms with E-state index in [0.29, 0.717) is 13.1 Å². The van der Waals surface area contributed by atoms with Gasteiger partial charge in [-0.1, -0.05) is 63.7 Å². The first-order valence-electron chi connectivity index (χ1n) is 7.29. The van der Waals surface area contributed by atoms with E-state index in [9.17, 15) is 9.59 Å². The lowest BCUT2D eigenvalue weighted by Crippen LogP contribution is -2.35. The molecule has 0 spiro atoms. The van der Waals surface area contributed by atoms with Crippen molar-refractivity contribution in [2.24, 2.45) is 10.8 Å². The van der Waals surface area contributed by atoms with Gasteiger partial charge in [0.1, 0.15) is 0 Å². The Balaban J connectivity index is 1.56. The second kappa shape index (κ2) is 6.30. The van der Waals surface area contributed by atoms with Crippen LogP contribution in [0.1, 0.15) is 39.5 Å². The van der Waals surface area contributed by atoms with E-state index in [1.165, 1.54) is 0 Å². The van der Waals surface area contributed by atoms with Crippen molar-refractivity contribution in [1.29, 1.82) is 0 Å². The number of amides is 2. The summed E-state index contributed by atoms with van der Waals surface area (Å²) in [5.74, 6) is 0.137. The van der Waals surface area contributed by atoms with Gasteiger partial charge in [-0.2, -0.15) is 0 Å². The molecule has 0 saturated heterocycles. The highest BCUT2D eigenvalue weighted by atomic mass is 79.9. The highest BCUT2D eigenvalue weighted by Crippen LogP contribution is 2.67. The van der Waals surface area contributed by atoms with Crippen LogP contribution in [0.15, 0.2) is 0 Å². The molecule has 0 unspecified atom stereocenters. The molecule has 22 heavy (non-hydrogen) atoms. The number of unbranched alkanes of at least 4 members (excludes halogenated alkanes) is 1. The van der Waals surface area contributed by atoms with Crippen molar-refractivity contribution in [1.82, 2.24) is 10.6 Å². The van der Waals surface area contributed by atoms with Crippen LogP contribution in [-0.4, -0.2) is 31.4 Å². The number of carbonyl (C=O) groups is 2. The fraction of sp³-hybridized carbons (Fsp3) is 0.857. The van der Waals surface area contributed by atoms with Gasteiger partial charge in [0.15, 0.2) is 0 Å². The maximum atomic E-state index is 12.0. The standard InChI is InChI=1S/C14H20Br4N2O2/c1-11(7-13(11,15)16)9(21)19-5-3-4-6-20-10(22)12(2)8-14(12,17)18/h3-8H2,1-2H3,(H,19,21)(H,20,22)/t11-,12+. The summed E-state index contributed by atoms with van der Waals surface area (Å²) in [7, 11) is 0. The first-order chi connectivity index (χ1) is 9.96. The van der Waals surface area contributed by atoms with Crippen molar-refractivity contribution in [2.75, 3.05) is 13.1 Å². The number of carbonyl (C=O) groups excluding carboxylic acids is 2. The molecule has 0 aromatic heterocycles. The molecule has 2 N–H and O–H groups in total. The lowest BCUT2D eigenvalue weighted by atomic mass is 10.1. The molecule has 2 atom stereocenters. The van der Waals surface area contributed by atoms with E-state index in [1.54, 1.807) is 0 Å². The van der Waals surface area contributed by atoms with Gasteiger partial charge in [0.05, 0.1) is 17.3 Å².